The Balaban J connectivity index is 1.78. The number of ether oxygens (including phenoxy) is 1. The standard InChI is InChI=1S/C17H17N5O5S2/c1-21-17(18-19-20-21)28-8-11-9-29(25,26)16-14(27-2)15(24)22(16)12(11)13(23)10-6-4-3-5-7-10/h3-7,14,16H,8-9H2,1-2H3/t14-,16?/m0/s1. The Morgan fingerprint density at radius 3 is 2.66 bits per heavy atom. The van der Waals surface area contributed by atoms with Crippen LogP contribution in [0, 0.1) is 0 Å². The minimum atomic E-state index is -3.72. The van der Waals surface area contributed by atoms with Crippen molar-refractivity contribution >= 4 is 33.3 Å². The van der Waals surface area contributed by atoms with Gasteiger partial charge in [0.05, 0.1) is 11.4 Å². The molecule has 0 saturated carbocycles. The predicted octanol–water partition coefficient (Wildman–Crippen LogP) is 0.0509. The van der Waals surface area contributed by atoms with Crippen LogP contribution < -0.4 is 0 Å². The quantitative estimate of drug-likeness (QED) is 0.352. The predicted molar refractivity (Wildman–Crippen MR) is 103 cm³/mol. The van der Waals surface area contributed by atoms with Gasteiger partial charge in [0.15, 0.2) is 21.3 Å². The van der Waals surface area contributed by atoms with Gasteiger partial charge in [-0.25, -0.2) is 13.1 Å². The topological polar surface area (TPSA) is 124 Å². The van der Waals surface area contributed by atoms with Gasteiger partial charge in [-0.15, -0.1) is 5.10 Å². The van der Waals surface area contributed by atoms with E-state index in [1.54, 1.807) is 37.4 Å². The molecule has 2 aromatic rings. The molecule has 0 radical (unpaired) electrons. The number of β-lactam (4-membered cyclic amide) rings is 1. The lowest BCUT2D eigenvalue weighted by Gasteiger charge is -2.48. The Bertz CT molecular complexity index is 1110. The highest BCUT2D eigenvalue weighted by Gasteiger charge is 2.60. The van der Waals surface area contributed by atoms with Gasteiger partial charge in [-0.3, -0.25) is 14.5 Å². The summed E-state index contributed by atoms with van der Waals surface area (Å²) < 4.78 is 32.2. The molecule has 0 spiro atoms. The van der Waals surface area contributed by atoms with Gasteiger partial charge >= 0.3 is 0 Å². The zero-order valence-corrected chi connectivity index (χ0v) is 17.2. The van der Waals surface area contributed by atoms with Crippen LogP contribution in [0.1, 0.15) is 10.4 Å². The summed E-state index contributed by atoms with van der Waals surface area (Å²) >= 11 is 1.20. The maximum atomic E-state index is 13.2. The SMILES string of the molecule is CO[C@H]1C(=O)N2C(C(=O)c3ccccc3)=C(CSc3nnnn3C)CS(=O)(=O)C12. The van der Waals surface area contributed by atoms with Gasteiger partial charge < -0.3 is 4.74 Å². The number of ketones is 1. The van der Waals surface area contributed by atoms with Crippen molar-refractivity contribution in [3.63, 3.8) is 0 Å². The van der Waals surface area contributed by atoms with Gasteiger partial charge in [0, 0.05) is 25.5 Å². The number of methoxy groups -OCH3 is 1. The van der Waals surface area contributed by atoms with E-state index in [-0.39, 0.29) is 17.2 Å². The lowest BCUT2D eigenvalue weighted by Crippen LogP contribution is -2.70. The first kappa shape index (κ1) is 19.7. The third-order valence-corrected chi connectivity index (χ3v) is 7.82. The molecule has 0 aliphatic carbocycles. The van der Waals surface area contributed by atoms with E-state index in [9.17, 15) is 18.0 Å². The molecule has 4 rings (SSSR count). The summed E-state index contributed by atoms with van der Waals surface area (Å²) in [6.07, 6.45) is -1.10. The highest BCUT2D eigenvalue weighted by molar-refractivity contribution is 7.99. The molecule has 3 heterocycles. The summed E-state index contributed by atoms with van der Waals surface area (Å²) in [6, 6.07) is 8.44. The number of aromatic nitrogens is 4. The van der Waals surface area contributed by atoms with Crippen molar-refractivity contribution in [2.24, 2.45) is 7.05 Å². The maximum Gasteiger partial charge on any atom is 0.260 e. The van der Waals surface area contributed by atoms with Crippen molar-refractivity contribution in [2.45, 2.75) is 16.6 Å². The van der Waals surface area contributed by atoms with E-state index >= 15 is 0 Å². The monoisotopic (exact) mass is 435 g/mol. The summed E-state index contributed by atoms with van der Waals surface area (Å²) in [5, 5.41) is 10.4. The molecule has 0 bridgehead atoms. The fraction of sp³-hybridized carbons (Fsp3) is 0.353. The van der Waals surface area contributed by atoms with E-state index in [0.29, 0.717) is 16.3 Å². The van der Waals surface area contributed by atoms with Crippen molar-refractivity contribution in [3.8, 4) is 0 Å². The fourth-order valence-corrected chi connectivity index (χ4v) is 6.43. The Morgan fingerprint density at radius 2 is 2.03 bits per heavy atom. The Morgan fingerprint density at radius 1 is 1.31 bits per heavy atom. The minimum Gasteiger partial charge on any atom is -0.368 e. The van der Waals surface area contributed by atoms with Crippen LogP contribution in [0.5, 0.6) is 0 Å². The Kier molecular flexibility index (Phi) is 5.00. The van der Waals surface area contributed by atoms with Crippen LogP contribution in [0.25, 0.3) is 0 Å². The summed E-state index contributed by atoms with van der Waals surface area (Å²) in [4.78, 5) is 26.9. The number of sulfone groups is 1. The van der Waals surface area contributed by atoms with Crippen molar-refractivity contribution in [3.05, 3.63) is 47.2 Å². The van der Waals surface area contributed by atoms with Gasteiger partial charge in [0.1, 0.15) is 0 Å². The Hall–Kier alpha value is -2.57. The summed E-state index contributed by atoms with van der Waals surface area (Å²) in [5.74, 6) is -1.13. The van der Waals surface area contributed by atoms with Crippen molar-refractivity contribution in [1.29, 1.82) is 0 Å². The molecule has 1 fully saturated rings. The molecular formula is C17H17N5O5S2. The van der Waals surface area contributed by atoms with Crippen molar-refractivity contribution < 1.29 is 22.7 Å². The molecule has 1 saturated heterocycles. The number of hydrogen-bond acceptors (Lipinski definition) is 9. The first-order chi connectivity index (χ1) is 13.8. The summed E-state index contributed by atoms with van der Waals surface area (Å²) in [5.41, 5.74) is 0.806. The van der Waals surface area contributed by atoms with E-state index in [1.165, 1.54) is 23.6 Å². The molecule has 0 N–H and O–H groups in total. The van der Waals surface area contributed by atoms with Crippen LogP contribution in [0.3, 0.4) is 0 Å². The largest absolute Gasteiger partial charge is 0.368 e. The molecule has 2 aliphatic rings. The number of tetrazole rings is 1. The van der Waals surface area contributed by atoms with Crippen LogP contribution in [0.4, 0.5) is 0 Å². The number of rotatable bonds is 6. The summed E-state index contributed by atoms with van der Waals surface area (Å²) in [6.45, 7) is 0. The van der Waals surface area contributed by atoms with Crippen molar-refractivity contribution in [1.82, 2.24) is 25.1 Å². The molecule has 1 amide bonds. The zero-order chi connectivity index (χ0) is 20.8. The normalized spacial score (nSPS) is 23.0. The van der Waals surface area contributed by atoms with Gasteiger partial charge in [-0.2, -0.15) is 0 Å². The second-order valence-corrected chi connectivity index (χ2v) is 9.62. The fourth-order valence-electron chi connectivity index (χ4n) is 3.41. The van der Waals surface area contributed by atoms with E-state index in [4.69, 9.17) is 4.74 Å². The molecule has 2 aliphatic heterocycles. The van der Waals surface area contributed by atoms with Crippen LogP contribution in [0.2, 0.25) is 0 Å². The number of aryl methyl sites for hydroxylation is 1. The molecule has 10 nitrogen and oxygen atoms in total. The number of hydrogen-bond donors (Lipinski definition) is 0. The van der Waals surface area contributed by atoms with Gasteiger partial charge in [-0.1, -0.05) is 42.1 Å². The van der Waals surface area contributed by atoms with Crippen molar-refractivity contribution in [2.75, 3.05) is 18.6 Å². The number of allylic oxidation sites excluding steroid dienone is 1. The first-order valence-corrected chi connectivity index (χ1v) is 11.3. The van der Waals surface area contributed by atoms with Crippen LogP contribution in [-0.4, -0.2) is 75.3 Å². The molecular weight excluding hydrogens is 418 g/mol. The number of carbonyl (C=O) groups excluding carboxylic acids is 2. The lowest BCUT2D eigenvalue weighted by molar-refractivity contribution is -0.158. The zero-order valence-electron chi connectivity index (χ0n) is 15.5. The average Bonchev–Trinajstić information content (AvgIpc) is 3.11. The molecule has 12 heteroatoms. The average molecular weight is 435 g/mol. The van der Waals surface area contributed by atoms with E-state index in [0.717, 1.165) is 4.90 Å². The van der Waals surface area contributed by atoms with E-state index < -0.39 is 33.0 Å². The number of nitrogens with zero attached hydrogens (tertiary/aromatic N) is 5. The number of Topliss-reactive ketones (excluding diaryl/α,β-unsaturated/α-hetero) is 1. The molecule has 1 aromatic heterocycles. The van der Waals surface area contributed by atoms with Crippen LogP contribution >= 0.6 is 11.8 Å². The molecule has 1 aromatic carbocycles. The second kappa shape index (κ2) is 7.35. The molecule has 29 heavy (non-hydrogen) atoms. The maximum absolute atomic E-state index is 13.2. The smallest absolute Gasteiger partial charge is 0.260 e. The van der Waals surface area contributed by atoms with E-state index in [1.807, 2.05) is 0 Å². The van der Waals surface area contributed by atoms with Gasteiger partial charge in [0.25, 0.3) is 5.91 Å². The Labute approximate surface area is 170 Å². The second-order valence-electron chi connectivity index (χ2n) is 6.58. The highest BCUT2D eigenvalue weighted by Crippen LogP contribution is 2.40. The lowest BCUT2D eigenvalue weighted by atomic mass is 9.99. The number of fused-ring (bicyclic) bond motifs is 1. The third-order valence-electron chi connectivity index (χ3n) is 4.78. The number of carbonyl (C=O) groups is 2. The molecule has 2 atom stereocenters. The number of amides is 1. The van der Waals surface area contributed by atoms with E-state index in [2.05, 4.69) is 15.5 Å². The van der Waals surface area contributed by atoms with Gasteiger partial charge in [-0.05, 0) is 16.0 Å². The third kappa shape index (κ3) is 3.26. The summed E-state index contributed by atoms with van der Waals surface area (Å²) in [7, 11) is -0.781. The molecule has 1 unspecified atom stereocenters. The first-order valence-electron chi connectivity index (χ1n) is 8.59. The number of benzene rings is 1. The highest BCUT2D eigenvalue weighted by atomic mass is 32.2. The molecule has 152 valence electrons. The van der Waals surface area contributed by atoms with Crippen LogP contribution in [0.15, 0.2) is 46.8 Å². The van der Waals surface area contributed by atoms with Gasteiger partial charge in [0.2, 0.25) is 10.9 Å². The van der Waals surface area contributed by atoms with Crippen LogP contribution in [-0.2, 0) is 26.4 Å². The minimum absolute atomic E-state index is 0.0944. The number of thioether (sulfide) groups is 1.